The van der Waals surface area contributed by atoms with E-state index in [0.29, 0.717) is 26.1 Å². The highest BCUT2D eigenvalue weighted by atomic mass is 35.5. The molecule has 1 heterocycles. The second kappa shape index (κ2) is 10.7. The van der Waals surface area contributed by atoms with Crippen LogP contribution in [-0.2, 0) is 11.3 Å². The van der Waals surface area contributed by atoms with Gasteiger partial charge in [-0.25, -0.2) is 8.78 Å². The molecule has 1 saturated carbocycles. The van der Waals surface area contributed by atoms with Gasteiger partial charge in [0.15, 0.2) is 0 Å². The molecule has 35 heavy (non-hydrogen) atoms. The SMILES string of the molecule is Cl.O=C(NC1CCNCC1C(=O)N(Cc1cccc2ccccc12)C1CC1)c1c(F)cccc1F. The largest absolute Gasteiger partial charge is 0.348 e. The summed E-state index contributed by atoms with van der Waals surface area (Å²) in [4.78, 5) is 28.4. The predicted octanol–water partition coefficient (Wildman–Crippen LogP) is 4.44. The van der Waals surface area contributed by atoms with Gasteiger partial charge in [0.05, 0.1) is 5.92 Å². The first-order valence-corrected chi connectivity index (χ1v) is 11.8. The van der Waals surface area contributed by atoms with Gasteiger partial charge in [0.2, 0.25) is 5.91 Å². The van der Waals surface area contributed by atoms with Crippen LogP contribution in [0.4, 0.5) is 8.78 Å². The number of carbonyl (C=O) groups is 2. The molecule has 184 valence electrons. The van der Waals surface area contributed by atoms with Crippen LogP contribution in [0.1, 0.15) is 35.2 Å². The van der Waals surface area contributed by atoms with Gasteiger partial charge in [0.25, 0.3) is 5.91 Å². The number of hydrogen-bond acceptors (Lipinski definition) is 3. The third kappa shape index (κ3) is 5.31. The van der Waals surface area contributed by atoms with Gasteiger partial charge in [-0.2, -0.15) is 0 Å². The van der Waals surface area contributed by atoms with Crippen LogP contribution in [0, 0.1) is 17.6 Å². The Morgan fingerprint density at radius 3 is 2.37 bits per heavy atom. The van der Waals surface area contributed by atoms with Gasteiger partial charge in [-0.05, 0) is 54.3 Å². The molecule has 1 aliphatic heterocycles. The molecular formula is C27H28ClF2N3O2. The number of piperidine rings is 1. The second-order valence-corrected chi connectivity index (χ2v) is 9.11. The molecule has 2 fully saturated rings. The molecule has 2 unspecified atom stereocenters. The summed E-state index contributed by atoms with van der Waals surface area (Å²) in [6, 6.07) is 17.2. The number of fused-ring (bicyclic) bond motifs is 1. The minimum atomic E-state index is -0.912. The van der Waals surface area contributed by atoms with Gasteiger partial charge < -0.3 is 15.5 Å². The summed E-state index contributed by atoms with van der Waals surface area (Å²) in [6.45, 7) is 1.51. The van der Waals surface area contributed by atoms with E-state index < -0.39 is 35.1 Å². The van der Waals surface area contributed by atoms with Crippen LogP contribution in [0.5, 0.6) is 0 Å². The van der Waals surface area contributed by atoms with E-state index in [1.165, 1.54) is 6.07 Å². The molecule has 8 heteroatoms. The average molecular weight is 500 g/mol. The molecule has 5 rings (SSSR count). The molecule has 3 aromatic carbocycles. The third-order valence-electron chi connectivity index (χ3n) is 6.80. The lowest BCUT2D eigenvalue weighted by Gasteiger charge is -2.36. The molecular weight excluding hydrogens is 472 g/mol. The highest BCUT2D eigenvalue weighted by Gasteiger charge is 2.40. The van der Waals surface area contributed by atoms with E-state index >= 15 is 0 Å². The molecule has 2 N–H and O–H groups in total. The number of hydrogen-bond donors (Lipinski definition) is 2. The molecule has 2 atom stereocenters. The summed E-state index contributed by atoms with van der Waals surface area (Å²) in [5, 5.41) is 8.23. The Balaban J connectivity index is 0.00000289. The van der Waals surface area contributed by atoms with Crippen molar-refractivity contribution in [2.45, 2.75) is 37.9 Å². The smallest absolute Gasteiger partial charge is 0.257 e. The lowest BCUT2D eigenvalue weighted by molar-refractivity contribution is -0.138. The van der Waals surface area contributed by atoms with Crippen molar-refractivity contribution in [2.24, 2.45) is 5.92 Å². The first-order valence-electron chi connectivity index (χ1n) is 11.8. The van der Waals surface area contributed by atoms with E-state index in [1.807, 2.05) is 29.2 Å². The Morgan fingerprint density at radius 2 is 1.63 bits per heavy atom. The van der Waals surface area contributed by atoms with Gasteiger partial charge >= 0.3 is 0 Å². The van der Waals surface area contributed by atoms with Gasteiger partial charge in [-0.3, -0.25) is 9.59 Å². The van der Waals surface area contributed by atoms with Crippen LogP contribution in [0.2, 0.25) is 0 Å². The summed E-state index contributed by atoms with van der Waals surface area (Å²) in [6.07, 6.45) is 2.41. The van der Waals surface area contributed by atoms with Crippen molar-refractivity contribution in [1.82, 2.24) is 15.5 Å². The summed E-state index contributed by atoms with van der Waals surface area (Å²) in [7, 11) is 0. The van der Waals surface area contributed by atoms with Crippen LogP contribution in [0.3, 0.4) is 0 Å². The second-order valence-electron chi connectivity index (χ2n) is 9.11. The van der Waals surface area contributed by atoms with Crippen LogP contribution in [0.15, 0.2) is 60.7 Å². The lowest BCUT2D eigenvalue weighted by Crippen LogP contribution is -2.55. The van der Waals surface area contributed by atoms with Crippen molar-refractivity contribution < 1.29 is 18.4 Å². The molecule has 2 aliphatic rings. The fourth-order valence-corrected chi connectivity index (χ4v) is 4.85. The zero-order valence-electron chi connectivity index (χ0n) is 19.2. The van der Waals surface area contributed by atoms with Gasteiger partial charge in [-0.15, -0.1) is 12.4 Å². The molecule has 5 nitrogen and oxygen atoms in total. The zero-order chi connectivity index (χ0) is 23.7. The van der Waals surface area contributed by atoms with Crippen molar-refractivity contribution in [2.75, 3.05) is 13.1 Å². The van der Waals surface area contributed by atoms with Gasteiger partial charge in [0, 0.05) is 25.2 Å². The van der Waals surface area contributed by atoms with Crippen molar-refractivity contribution in [3.63, 3.8) is 0 Å². The first kappa shape index (κ1) is 25.1. The summed E-state index contributed by atoms with van der Waals surface area (Å²) in [5.41, 5.74) is 0.471. The zero-order valence-corrected chi connectivity index (χ0v) is 20.0. The number of rotatable bonds is 6. The molecule has 1 saturated heterocycles. The monoisotopic (exact) mass is 499 g/mol. The molecule has 2 amide bonds. The molecule has 1 aliphatic carbocycles. The van der Waals surface area contributed by atoms with Crippen LogP contribution < -0.4 is 10.6 Å². The average Bonchev–Trinajstić information content (AvgIpc) is 3.68. The Morgan fingerprint density at radius 1 is 0.943 bits per heavy atom. The Bertz CT molecular complexity index is 1210. The van der Waals surface area contributed by atoms with E-state index in [-0.39, 0.29) is 24.4 Å². The Labute approximate surface area is 209 Å². The topological polar surface area (TPSA) is 61.4 Å². The number of nitrogens with one attached hydrogen (secondary N) is 2. The molecule has 0 bridgehead atoms. The van der Waals surface area contributed by atoms with Crippen molar-refractivity contribution >= 4 is 35.0 Å². The summed E-state index contributed by atoms with van der Waals surface area (Å²) < 4.78 is 28.3. The van der Waals surface area contributed by atoms with Crippen molar-refractivity contribution in [3.05, 3.63) is 83.4 Å². The summed E-state index contributed by atoms with van der Waals surface area (Å²) in [5.74, 6) is -3.20. The fraction of sp³-hybridized carbons (Fsp3) is 0.333. The Hall–Kier alpha value is -3.03. The van der Waals surface area contributed by atoms with Crippen molar-refractivity contribution in [3.8, 4) is 0 Å². The van der Waals surface area contributed by atoms with Gasteiger partial charge in [-0.1, -0.05) is 48.5 Å². The maximum atomic E-state index is 14.1. The van der Waals surface area contributed by atoms with Crippen LogP contribution in [-0.4, -0.2) is 41.9 Å². The number of benzene rings is 3. The van der Waals surface area contributed by atoms with E-state index in [4.69, 9.17) is 0 Å². The fourth-order valence-electron chi connectivity index (χ4n) is 4.85. The van der Waals surface area contributed by atoms with E-state index in [1.54, 1.807) is 0 Å². The summed E-state index contributed by atoms with van der Waals surface area (Å²) >= 11 is 0. The quantitative estimate of drug-likeness (QED) is 0.527. The van der Waals surface area contributed by atoms with Crippen molar-refractivity contribution in [1.29, 1.82) is 0 Å². The van der Waals surface area contributed by atoms with E-state index in [0.717, 1.165) is 41.3 Å². The highest BCUT2D eigenvalue weighted by molar-refractivity contribution is 5.95. The van der Waals surface area contributed by atoms with Crippen LogP contribution in [0.25, 0.3) is 10.8 Å². The first-order chi connectivity index (χ1) is 16.5. The molecule has 3 aromatic rings. The lowest BCUT2D eigenvalue weighted by atomic mass is 9.91. The number of amides is 2. The number of nitrogens with zero attached hydrogens (tertiary/aromatic N) is 1. The molecule has 0 aromatic heterocycles. The third-order valence-corrected chi connectivity index (χ3v) is 6.80. The number of halogens is 3. The minimum absolute atomic E-state index is 0. The maximum absolute atomic E-state index is 14.1. The van der Waals surface area contributed by atoms with E-state index in [9.17, 15) is 18.4 Å². The predicted molar refractivity (Wildman–Crippen MR) is 133 cm³/mol. The minimum Gasteiger partial charge on any atom is -0.348 e. The normalized spacial score (nSPS) is 19.6. The Kier molecular flexibility index (Phi) is 7.67. The van der Waals surface area contributed by atoms with E-state index in [2.05, 4.69) is 28.8 Å². The van der Waals surface area contributed by atoms with Gasteiger partial charge in [0.1, 0.15) is 17.2 Å². The highest BCUT2D eigenvalue weighted by Crippen LogP contribution is 2.32. The standard InChI is InChI=1S/C27H27F2N3O2.ClH/c28-22-9-4-10-23(29)25(22)26(33)31-24-13-14-30-15-21(24)27(34)32(19-11-12-19)16-18-7-3-6-17-5-1-2-8-20(17)18;/h1-10,19,21,24,30H,11-16H2,(H,31,33);1H. The van der Waals surface area contributed by atoms with Crippen LogP contribution >= 0.6 is 12.4 Å². The maximum Gasteiger partial charge on any atom is 0.257 e. The molecule has 0 radical (unpaired) electrons. The molecule has 0 spiro atoms. The number of carbonyl (C=O) groups excluding carboxylic acids is 2.